The average molecular weight is 350 g/mol. The Morgan fingerprint density at radius 3 is 2.80 bits per heavy atom. The Labute approximate surface area is 146 Å². The summed E-state index contributed by atoms with van der Waals surface area (Å²) in [7, 11) is 0. The van der Waals surface area contributed by atoms with Gasteiger partial charge in [0, 0.05) is 6.20 Å². The van der Waals surface area contributed by atoms with E-state index in [2.05, 4.69) is 18.7 Å². The van der Waals surface area contributed by atoms with Crippen molar-refractivity contribution in [2.75, 3.05) is 0 Å². The van der Waals surface area contributed by atoms with Crippen molar-refractivity contribution < 1.29 is 4.39 Å². The highest BCUT2D eigenvalue weighted by atomic mass is 32.1. The monoisotopic (exact) mass is 350 g/mol. The van der Waals surface area contributed by atoms with Gasteiger partial charge in [-0.2, -0.15) is 14.0 Å². The summed E-state index contributed by atoms with van der Waals surface area (Å²) in [5.74, 6) is 0.308. The molecule has 0 amide bonds. The maximum atomic E-state index is 13.8. The molecule has 4 rings (SSSR count). The van der Waals surface area contributed by atoms with Gasteiger partial charge in [-0.3, -0.25) is 0 Å². The Morgan fingerprint density at radius 1 is 1.24 bits per heavy atom. The standard InChI is InChI=1S/C17H11FN6S/c1-10-16(23-25-22-10)17-21-14-5-3-12(18)6-15(14)24(17)9-11-2-4-13(7-19)20-8-11/h2-6,8H,9H2,1H3. The van der Waals surface area contributed by atoms with Crippen molar-refractivity contribution in [3.63, 3.8) is 0 Å². The van der Waals surface area contributed by atoms with E-state index < -0.39 is 0 Å². The molecule has 3 aromatic heterocycles. The minimum absolute atomic E-state index is 0.328. The van der Waals surface area contributed by atoms with E-state index in [9.17, 15) is 4.39 Å². The number of aryl methyl sites for hydroxylation is 1. The minimum Gasteiger partial charge on any atom is -0.318 e. The molecule has 0 saturated heterocycles. The summed E-state index contributed by atoms with van der Waals surface area (Å²) in [4.78, 5) is 8.71. The van der Waals surface area contributed by atoms with Gasteiger partial charge < -0.3 is 4.57 Å². The number of benzene rings is 1. The minimum atomic E-state index is -0.328. The molecule has 0 aliphatic rings. The molecule has 122 valence electrons. The predicted octanol–water partition coefficient (Wildman–Crippen LogP) is 3.32. The summed E-state index contributed by atoms with van der Waals surface area (Å²) in [5.41, 5.74) is 4.05. The smallest absolute Gasteiger partial charge is 0.163 e. The van der Waals surface area contributed by atoms with Crippen LogP contribution in [0.5, 0.6) is 0 Å². The molecular weight excluding hydrogens is 339 g/mol. The van der Waals surface area contributed by atoms with Gasteiger partial charge in [0.05, 0.1) is 35.0 Å². The molecule has 3 heterocycles. The number of aromatic nitrogens is 5. The highest BCUT2D eigenvalue weighted by Gasteiger charge is 2.18. The van der Waals surface area contributed by atoms with Crippen molar-refractivity contribution in [2.45, 2.75) is 13.5 Å². The molecule has 0 N–H and O–H groups in total. The third-order valence-corrected chi connectivity index (χ3v) is 4.47. The zero-order valence-electron chi connectivity index (χ0n) is 13.1. The predicted molar refractivity (Wildman–Crippen MR) is 91.4 cm³/mol. The quantitative estimate of drug-likeness (QED) is 0.566. The van der Waals surface area contributed by atoms with Crippen LogP contribution in [-0.2, 0) is 6.54 Å². The van der Waals surface area contributed by atoms with Crippen LogP contribution >= 0.6 is 11.7 Å². The summed E-state index contributed by atoms with van der Waals surface area (Å²) in [6.45, 7) is 2.30. The Morgan fingerprint density at radius 2 is 2.12 bits per heavy atom. The molecule has 0 fully saturated rings. The molecule has 25 heavy (non-hydrogen) atoms. The topological polar surface area (TPSA) is 80.3 Å². The SMILES string of the molecule is Cc1nsnc1-c1nc2ccc(F)cc2n1Cc1ccc(C#N)nc1. The van der Waals surface area contributed by atoms with E-state index in [0.29, 0.717) is 34.8 Å². The fraction of sp³-hybridized carbons (Fsp3) is 0.118. The second kappa shape index (κ2) is 6.03. The van der Waals surface area contributed by atoms with E-state index in [-0.39, 0.29) is 5.82 Å². The van der Waals surface area contributed by atoms with Gasteiger partial charge in [-0.1, -0.05) is 6.07 Å². The van der Waals surface area contributed by atoms with E-state index in [0.717, 1.165) is 23.0 Å². The zero-order valence-corrected chi connectivity index (χ0v) is 14.0. The van der Waals surface area contributed by atoms with Gasteiger partial charge in [0.25, 0.3) is 0 Å². The highest BCUT2D eigenvalue weighted by Crippen LogP contribution is 2.27. The van der Waals surface area contributed by atoms with Crippen LogP contribution in [0.4, 0.5) is 4.39 Å². The molecule has 6 nitrogen and oxygen atoms in total. The number of nitriles is 1. The van der Waals surface area contributed by atoms with Crippen molar-refractivity contribution in [2.24, 2.45) is 0 Å². The number of nitrogens with zero attached hydrogens (tertiary/aromatic N) is 6. The lowest BCUT2D eigenvalue weighted by atomic mass is 10.2. The Balaban J connectivity index is 1.88. The lowest BCUT2D eigenvalue weighted by Crippen LogP contribution is -2.04. The number of halogens is 1. The lowest BCUT2D eigenvalue weighted by molar-refractivity contribution is 0.628. The largest absolute Gasteiger partial charge is 0.318 e. The Kier molecular flexibility index (Phi) is 3.71. The average Bonchev–Trinajstić information content (AvgIpc) is 3.19. The van der Waals surface area contributed by atoms with E-state index in [1.165, 1.54) is 12.1 Å². The van der Waals surface area contributed by atoms with E-state index >= 15 is 0 Å². The van der Waals surface area contributed by atoms with Gasteiger partial charge in [0.15, 0.2) is 5.82 Å². The summed E-state index contributed by atoms with van der Waals surface area (Å²) in [6, 6.07) is 9.97. The highest BCUT2D eigenvalue weighted by molar-refractivity contribution is 6.99. The van der Waals surface area contributed by atoms with Crippen molar-refractivity contribution in [3.05, 3.63) is 59.3 Å². The molecule has 0 radical (unpaired) electrons. The molecular formula is C17H11FN6S. The molecule has 0 aliphatic heterocycles. The van der Waals surface area contributed by atoms with Crippen molar-refractivity contribution in [3.8, 4) is 17.6 Å². The number of hydrogen-bond donors (Lipinski definition) is 0. The number of rotatable bonds is 3. The first-order valence-corrected chi connectivity index (χ1v) is 8.19. The van der Waals surface area contributed by atoms with Crippen LogP contribution < -0.4 is 0 Å². The Bertz CT molecular complexity index is 1110. The number of hydrogen-bond acceptors (Lipinski definition) is 6. The molecule has 0 saturated carbocycles. The van der Waals surface area contributed by atoms with E-state index in [1.54, 1.807) is 18.3 Å². The van der Waals surface area contributed by atoms with Crippen LogP contribution in [0, 0.1) is 24.1 Å². The van der Waals surface area contributed by atoms with E-state index in [4.69, 9.17) is 5.26 Å². The third-order valence-electron chi connectivity index (χ3n) is 3.85. The molecule has 4 aromatic rings. The molecule has 0 spiro atoms. The Hall–Kier alpha value is -3.18. The van der Waals surface area contributed by atoms with Gasteiger partial charge in [0.1, 0.15) is 23.3 Å². The van der Waals surface area contributed by atoms with Crippen LogP contribution in [0.25, 0.3) is 22.6 Å². The lowest BCUT2D eigenvalue weighted by Gasteiger charge is -2.08. The van der Waals surface area contributed by atoms with Crippen molar-refractivity contribution in [1.82, 2.24) is 23.3 Å². The number of pyridine rings is 1. The van der Waals surface area contributed by atoms with Gasteiger partial charge in [-0.25, -0.2) is 14.4 Å². The first-order chi connectivity index (χ1) is 12.2. The van der Waals surface area contributed by atoms with Crippen LogP contribution in [0.1, 0.15) is 17.0 Å². The second-order valence-electron chi connectivity index (χ2n) is 5.52. The van der Waals surface area contributed by atoms with Crippen molar-refractivity contribution in [1.29, 1.82) is 5.26 Å². The first kappa shape index (κ1) is 15.4. The summed E-state index contributed by atoms with van der Waals surface area (Å²) in [5, 5.41) is 8.87. The normalized spacial score (nSPS) is 10.9. The van der Waals surface area contributed by atoms with Gasteiger partial charge in [-0.05, 0) is 36.8 Å². The van der Waals surface area contributed by atoms with E-state index in [1.807, 2.05) is 23.6 Å². The van der Waals surface area contributed by atoms with Crippen LogP contribution in [0.3, 0.4) is 0 Å². The van der Waals surface area contributed by atoms with Crippen molar-refractivity contribution >= 4 is 22.8 Å². The van der Waals surface area contributed by atoms with Gasteiger partial charge in [-0.15, -0.1) is 0 Å². The number of fused-ring (bicyclic) bond motifs is 1. The van der Waals surface area contributed by atoms with Crippen LogP contribution in [0.15, 0.2) is 36.5 Å². The molecule has 0 aliphatic carbocycles. The molecule has 1 aromatic carbocycles. The second-order valence-corrected chi connectivity index (χ2v) is 6.04. The fourth-order valence-corrected chi connectivity index (χ4v) is 3.18. The maximum Gasteiger partial charge on any atom is 0.163 e. The molecule has 8 heteroatoms. The molecule has 0 bridgehead atoms. The maximum absolute atomic E-state index is 13.8. The fourth-order valence-electron chi connectivity index (χ4n) is 2.64. The first-order valence-electron chi connectivity index (χ1n) is 7.46. The van der Waals surface area contributed by atoms with Crippen LogP contribution in [0.2, 0.25) is 0 Å². The van der Waals surface area contributed by atoms with Gasteiger partial charge >= 0.3 is 0 Å². The van der Waals surface area contributed by atoms with Crippen LogP contribution in [-0.4, -0.2) is 23.3 Å². The van der Waals surface area contributed by atoms with Gasteiger partial charge in [0.2, 0.25) is 0 Å². The third kappa shape index (κ3) is 2.75. The molecule has 0 atom stereocenters. The summed E-state index contributed by atoms with van der Waals surface area (Å²) < 4.78 is 24.2. The molecule has 0 unspecified atom stereocenters. The summed E-state index contributed by atoms with van der Waals surface area (Å²) in [6.07, 6.45) is 1.64. The summed E-state index contributed by atoms with van der Waals surface area (Å²) >= 11 is 1.12. The number of imidazole rings is 1. The zero-order chi connectivity index (χ0) is 17.4.